The molecule has 0 aliphatic rings. The number of sulfonamides is 1. The van der Waals surface area contributed by atoms with Gasteiger partial charge in [-0.15, -0.1) is 0 Å². The number of primary amides is 1. The van der Waals surface area contributed by atoms with Crippen molar-refractivity contribution in [2.75, 3.05) is 11.9 Å². The van der Waals surface area contributed by atoms with Crippen LogP contribution in [0, 0.1) is 0 Å². The predicted octanol–water partition coefficient (Wildman–Crippen LogP) is -0.591. The summed E-state index contributed by atoms with van der Waals surface area (Å²) in [6.07, 6.45) is 0. The van der Waals surface area contributed by atoms with Crippen LogP contribution in [0.1, 0.15) is 6.92 Å². The van der Waals surface area contributed by atoms with E-state index in [4.69, 9.17) is 5.73 Å². The Labute approximate surface area is 104 Å². The molecule has 0 atom stereocenters. The second-order valence-electron chi connectivity index (χ2n) is 3.50. The smallest absolute Gasteiger partial charge is 0.241 e. The summed E-state index contributed by atoms with van der Waals surface area (Å²) in [6, 6.07) is 5.52. The van der Waals surface area contributed by atoms with Gasteiger partial charge in [0.1, 0.15) is 0 Å². The number of carbonyl (C=O) groups excluding carboxylic acids is 2. The molecule has 0 aliphatic heterocycles. The van der Waals surface area contributed by atoms with E-state index in [2.05, 4.69) is 5.32 Å². The molecule has 0 radical (unpaired) electrons. The van der Waals surface area contributed by atoms with E-state index in [0.29, 0.717) is 5.69 Å². The highest BCUT2D eigenvalue weighted by Gasteiger charge is 2.14. The Hall–Kier alpha value is -1.93. The Morgan fingerprint density at radius 1 is 1.22 bits per heavy atom. The number of benzene rings is 1. The zero-order valence-electron chi connectivity index (χ0n) is 9.64. The van der Waals surface area contributed by atoms with E-state index in [1.165, 1.54) is 31.2 Å². The van der Waals surface area contributed by atoms with Gasteiger partial charge in [0.2, 0.25) is 21.8 Å². The minimum absolute atomic E-state index is 0.0159. The van der Waals surface area contributed by atoms with Crippen molar-refractivity contribution in [3.05, 3.63) is 24.3 Å². The Morgan fingerprint density at radius 3 is 2.22 bits per heavy atom. The van der Waals surface area contributed by atoms with Crippen molar-refractivity contribution in [3.63, 3.8) is 0 Å². The summed E-state index contributed by atoms with van der Waals surface area (Å²) < 4.78 is 25.4. The highest BCUT2D eigenvalue weighted by molar-refractivity contribution is 7.89. The molecule has 0 aromatic heterocycles. The van der Waals surface area contributed by atoms with Crippen LogP contribution in [-0.2, 0) is 19.6 Å². The van der Waals surface area contributed by atoms with Crippen molar-refractivity contribution < 1.29 is 18.0 Å². The summed E-state index contributed by atoms with van der Waals surface area (Å²) in [6.45, 7) is 0.884. The zero-order valence-corrected chi connectivity index (χ0v) is 10.5. The van der Waals surface area contributed by atoms with Crippen molar-refractivity contribution >= 4 is 27.5 Å². The first-order valence-electron chi connectivity index (χ1n) is 4.97. The van der Waals surface area contributed by atoms with Gasteiger partial charge < -0.3 is 11.1 Å². The summed E-state index contributed by atoms with van der Waals surface area (Å²) in [7, 11) is -3.76. The molecular formula is C10H13N3O4S. The molecule has 1 aromatic carbocycles. The molecule has 0 aliphatic carbocycles. The lowest BCUT2D eigenvalue weighted by Gasteiger charge is -2.06. The summed E-state index contributed by atoms with van der Waals surface area (Å²) in [5, 5.41) is 2.51. The minimum Gasteiger partial charge on any atom is -0.369 e. The molecule has 7 nitrogen and oxygen atoms in total. The molecule has 0 saturated heterocycles. The molecule has 0 saturated carbocycles. The normalized spacial score (nSPS) is 10.9. The van der Waals surface area contributed by atoms with Crippen molar-refractivity contribution in [1.29, 1.82) is 0 Å². The van der Waals surface area contributed by atoms with Crippen molar-refractivity contribution in [2.24, 2.45) is 5.73 Å². The van der Waals surface area contributed by atoms with Crippen LogP contribution in [0.5, 0.6) is 0 Å². The lowest BCUT2D eigenvalue weighted by Crippen LogP contribution is -2.33. The van der Waals surface area contributed by atoms with E-state index >= 15 is 0 Å². The Kier molecular flexibility index (Phi) is 4.40. The van der Waals surface area contributed by atoms with Gasteiger partial charge in [-0.05, 0) is 24.3 Å². The predicted molar refractivity (Wildman–Crippen MR) is 65.1 cm³/mol. The number of amides is 2. The number of carbonyl (C=O) groups is 2. The Morgan fingerprint density at radius 2 is 1.78 bits per heavy atom. The number of rotatable bonds is 5. The highest BCUT2D eigenvalue weighted by Crippen LogP contribution is 2.13. The summed E-state index contributed by atoms with van der Waals surface area (Å²) in [5.41, 5.74) is 5.33. The van der Waals surface area contributed by atoms with Crippen LogP contribution in [0.3, 0.4) is 0 Å². The molecule has 0 spiro atoms. The number of nitrogens with one attached hydrogen (secondary N) is 2. The molecule has 1 rings (SSSR count). The average molecular weight is 271 g/mol. The number of hydrogen-bond donors (Lipinski definition) is 3. The lowest BCUT2D eigenvalue weighted by molar-refractivity contribution is -0.117. The number of anilines is 1. The number of nitrogens with two attached hydrogens (primary N) is 1. The van der Waals surface area contributed by atoms with Gasteiger partial charge in [0.15, 0.2) is 0 Å². The largest absolute Gasteiger partial charge is 0.369 e. The van der Waals surface area contributed by atoms with Gasteiger partial charge in [-0.2, -0.15) is 0 Å². The fourth-order valence-electron chi connectivity index (χ4n) is 1.17. The molecule has 4 N–H and O–H groups in total. The zero-order chi connectivity index (χ0) is 13.8. The molecular weight excluding hydrogens is 258 g/mol. The third-order valence-electron chi connectivity index (χ3n) is 1.92. The second kappa shape index (κ2) is 5.61. The third-order valence-corrected chi connectivity index (χ3v) is 3.34. The minimum atomic E-state index is -3.76. The molecule has 18 heavy (non-hydrogen) atoms. The first kappa shape index (κ1) is 14.1. The van der Waals surface area contributed by atoms with Gasteiger partial charge in [-0.3, -0.25) is 9.59 Å². The fraction of sp³-hybridized carbons (Fsp3) is 0.200. The molecule has 8 heteroatoms. The maximum Gasteiger partial charge on any atom is 0.241 e. The van der Waals surface area contributed by atoms with Crippen molar-refractivity contribution in [2.45, 2.75) is 11.8 Å². The third kappa shape index (κ3) is 4.15. The molecule has 0 bridgehead atoms. The van der Waals surface area contributed by atoms with Gasteiger partial charge in [0.05, 0.1) is 11.4 Å². The van der Waals surface area contributed by atoms with Crippen molar-refractivity contribution in [3.8, 4) is 0 Å². The van der Waals surface area contributed by atoms with Gasteiger partial charge in [0, 0.05) is 12.6 Å². The van der Waals surface area contributed by atoms with Gasteiger partial charge >= 0.3 is 0 Å². The molecule has 2 amide bonds. The van der Waals surface area contributed by atoms with Crippen LogP contribution in [-0.4, -0.2) is 26.8 Å². The van der Waals surface area contributed by atoms with E-state index in [9.17, 15) is 18.0 Å². The van der Waals surface area contributed by atoms with Crippen LogP contribution < -0.4 is 15.8 Å². The van der Waals surface area contributed by atoms with Crippen LogP contribution in [0.2, 0.25) is 0 Å². The van der Waals surface area contributed by atoms with Gasteiger partial charge in [0.25, 0.3) is 0 Å². The second-order valence-corrected chi connectivity index (χ2v) is 5.26. The van der Waals surface area contributed by atoms with Crippen molar-refractivity contribution in [1.82, 2.24) is 4.72 Å². The van der Waals surface area contributed by atoms with E-state index in [1.807, 2.05) is 4.72 Å². The molecule has 0 fully saturated rings. The lowest BCUT2D eigenvalue weighted by atomic mass is 10.3. The van der Waals surface area contributed by atoms with Gasteiger partial charge in [-0.25, -0.2) is 13.1 Å². The maximum atomic E-state index is 11.7. The fourth-order valence-corrected chi connectivity index (χ4v) is 2.16. The van der Waals surface area contributed by atoms with E-state index in [1.54, 1.807) is 0 Å². The highest BCUT2D eigenvalue weighted by atomic mass is 32.2. The van der Waals surface area contributed by atoms with Crippen LogP contribution in [0.25, 0.3) is 0 Å². The average Bonchev–Trinajstić information content (AvgIpc) is 2.26. The topological polar surface area (TPSA) is 118 Å². The first-order chi connectivity index (χ1) is 8.31. The monoisotopic (exact) mass is 271 g/mol. The Balaban J connectivity index is 2.84. The summed E-state index contributed by atoms with van der Waals surface area (Å²) >= 11 is 0. The van der Waals surface area contributed by atoms with Crippen LogP contribution in [0.15, 0.2) is 29.2 Å². The SMILES string of the molecule is CC(=O)Nc1ccc(S(=O)(=O)NCC(N)=O)cc1. The molecule has 0 unspecified atom stereocenters. The molecule has 1 aromatic rings. The maximum absolute atomic E-state index is 11.7. The Bertz CT molecular complexity index is 551. The molecule has 0 heterocycles. The van der Waals surface area contributed by atoms with Gasteiger partial charge in [-0.1, -0.05) is 0 Å². The quantitative estimate of drug-likeness (QED) is 0.663. The van der Waals surface area contributed by atoms with Crippen LogP contribution in [0.4, 0.5) is 5.69 Å². The van der Waals surface area contributed by atoms with Crippen LogP contribution >= 0.6 is 0 Å². The van der Waals surface area contributed by atoms with E-state index < -0.39 is 22.5 Å². The standard InChI is InChI=1S/C10H13N3O4S/c1-7(14)13-8-2-4-9(5-3-8)18(16,17)12-6-10(11)15/h2-5,12H,6H2,1H3,(H2,11,15)(H,13,14). The summed E-state index contributed by atoms with van der Waals surface area (Å²) in [4.78, 5) is 21.3. The summed E-state index contributed by atoms with van der Waals surface area (Å²) in [5.74, 6) is -1.02. The molecule has 98 valence electrons. The first-order valence-corrected chi connectivity index (χ1v) is 6.45. The van der Waals surface area contributed by atoms with E-state index in [-0.39, 0.29) is 10.8 Å². The number of hydrogen-bond acceptors (Lipinski definition) is 4. The van der Waals surface area contributed by atoms with E-state index in [0.717, 1.165) is 0 Å².